The number of pyridine rings is 1. The Hall–Kier alpha value is -3.35. The Morgan fingerprint density at radius 1 is 1.36 bits per heavy atom. The number of nitrogens with one attached hydrogen (secondary N) is 1. The Bertz CT molecular complexity index is 818. The molecule has 10 heteroatoms. The molecule has 0 bridgehead atoms. The molecule has 0 aliphatic rings. The van der Waals surface area contributed by atoms with Crippen LogP contribution in [0.5, 0.6) is 5.88 Å². The van der Waals surface area contributed by atoms with Gasteiger partial charge in [0.15, 0.2) is 0 Å². The number of nitro benzene ring substituents is 1. The molecule has 0 radical (unpaired) electrons. The summed E-state index contributed by atoms with van der Waals surface area (Å²) in [5, 5.41) is 22.4. The third kappa shape index (κ3) is 4.57. The summed E-state index contributed by atoms with van der Waals surface area (Å²) < 4.78 is 43.4. The fraction of sp³-hybridized carbons (Fsp3) is 0.200. The summed E-state index contributed by atoms with van der Waals surface area (Å²) in [5.41, 5.74) is -1.06. The van der Waals surface area contributed by atoms with Crippen molar-refractivity contribution in [3.8, 4) is 11.9 Å². The molecule has 0 amide bonds. The Morgan fingerprint density at radius 2 is 2.12 bits per heavy atom. The first-order valence-electron chi connectivity index (χ1n) is 6.90. The van der Waals surface area contributed by atoms with Gasteiger partial charge < -0.3 is 10.1 Å². The van der Waals surface area contributed by atoms with Gasteiger partial charge in [-0.25, -0.2) is 4.98 Å². The lowest BCUT2D eigenvalue weighted by Crippen LogP contribution is -2.16. The highest BCUT2D eigenvalue weighted by Gasteiger charge is 2.35. The maximum absolute atomic E-state index is 12.8. The van der Waals surface area contributed by atoms with Crippen molar-refractivity contribution in [3.63, 3.8) is 0 Å². The van der Waals surface area contributed by atoms with Crippen molar-refractivity contribution in [1.82, 2.24) is 4.98 Å². The zero-order chi connectivity index (χ0) is 18.4. The molecule has 0 unspecified atom stereocenters. The second-order valence-electron chi connectivity index (χ2n) is 4.73. The van der Waals surface area contributed by atoms with Crippen LogP contribution in [0.25, 0.3) is 0 Å². The minimum atomic E-state index is -4.59. The molecular formula is C15H11F3N4O3. The molecule has 1 heterocycles. The van der Waals surface area contributed by atoms with Gasteiger partial charge in [0.2, 0.25) is 5.88 Å². The highest BCUT2D eigenvalue weighted by Crippen LogP contribution is 2.34. The minimum absolute atomic E-state index is 0.000607. The van der Waals surface area contributed by atoms with Gasteiger partial charge in [0.25, 0.3) is 5.69 Å². The predicted molar refractivity (Wildman–Crippen MR) is 81.0 cm³/mol. The zero-order valence-corrected chi connectivity index (χ0v) is 12.6. The van der Waals surface area contributed by atoms with Gasteiger partial charge in [0, 0.05) is 18.8 Å². The number of alkyl halides is 3. The zero-order valence-electron chi connectivity index (χ0n) is 12.6. The second-order valence-corrected chi connectivity index (χ2v) is 4.73. The van der Waals surface area contributed by atoms with Crippen molar-refractivity contribution in [1.29, 1.82) is 5.26 Å². The standard InChI is InChI=1S/C15H11F3N4O3/c16-15(17,18)11-2-1-5-21-14(11)25-7-6-20-12-4-3-10(9-19)8-13(12)22(23)24/h1-5,8,20H,6-7H2. The molecule has 130 valence electrons. The van der Waals surface area contributed by atoms with E-state index in [-0.39, 0.29) is 30.1 Å². The average molecular weight is 352 g/mol. The van der Waals surface area contributed by atoms with Gasteiger partial charge >= 0.3 is 6.18 Å². The number of aromatic nitrogens is 1. The molecule has 2 rings (SSSR count). The monoisotopic (exact) mass is 352 g/mol. The average Bonchev–Trinajstić information content (AvgIpc) is 2.58. The van der Waals surface area contributed by atoms with Crippen LogP contribution in [-0.2, 0) is 6.18 Å². The van der Waals surface area contributed by atoms with Crippen molar-refractivity contribution in [2.45, 2.75) is 6.18 Å². The number of rotatable bonds is 6. The van der Waals surface area contributed by atoms with E-state index in [9.17, 15) is 23.3 Å². The van der Waals surface area contributed by atoms with Gasteiger partial charge in [-0.15, -0.1) is 0 Å². The molecule has 0 saturated heterocycles. The minimum Gasteiger partial charge on any atom is -0.475 e. The van der Waals surface area contributed by atoms with Crippen LogP contribution in [0.1, 0.15) is 11.1 Å². The van der Waals surface area contributed by atoms with Gasteiger partial charge in [-0.1, -0.05) is 0 Å². The lowest BCUT2D eigenvalue weighted by atomic mass is 10.2. The molecular weight excluding hydrogens is 341 g/mol. The highest BCUT2D eigenvalue weighted by atomic mass is 19.4. The Balaban J connectivity index is 2.01. The van der Waals surface area contributed by atoms with Gasteiger partial charge in [0.1, 0.15) is 17.9 Å². The number of halogens is 3. The smallest absolute Gasteiger partial charge is 0.421 e. The number of benzene rings is 1. The molecule has 0 aliphatic carbocycles. The largest absolute Gasteiger partial charge is 0.475 e. The van der Waals surface area contributed by atoms with Crippen molar-refractivity contribution >= 4 is 11.4 Å². The van der Waals surface area contributed by atoms with E-state index in [2.05, 4.69) is 10.3 Å². The molecule has 0 atom stereocenters. The fourth-order valence-electron chi connectivity index (χ4n) is 1.96. The first-order chi connectivity index (χ1) is 11.8. The van der Waals surface area contributed by atoms with Gasteiger partial charge in [-0.3, -0.25) is 10.1 Å². The Kier molecular flexibility index (Phi) is 5.38. The van der Waals surface area contributed by atoms with E-state index in [1.807, 2.05) is 0 Å². The van der Waals surface area contributed by atoms with E-state index in [1.54, 1.807) is 6.07 Å². The molecule has 1 aromatic carbocycles. The summed E-state index contributed by atoms with van der Waals surface area (Å²) in [6.07, 6.45) is -3.42. The number of ether oxygens (including phenoxy) is 1. The van der Waals surface area contributed by atoms with Crippen LogP contribution in [0.3, 0.4) is 0 Å². The van der Waals surface area contributed by atoms with Crippen LogP contribution in [0.4, 0.5) is 24.5 Å². The van der Waals surface area contributed by atoms with Crippen molar-refractivity contribution < 1.29 is 22.8 Å². The Labute approximate surface area is 139 Å². The molecule has 0 spiro atoms. The van der Waals surface area contributed by atoms with E-state index in [1.165, 1.54) is 18.3 Å². The number of anilines is 1. The van der Waals surface area contributed by atoms with E-state index in [0.29, 0.717) is 0 Å². The quantitative estimate of drug-likeness (QED) is 0.486. The molecule has 1 N–H and O–H groups in total. The lowest BCUT2D eigenvalue weighted by Gasteiger charge is -2.13. The normalized spacial score (nSPS) is 10.8. The number of hydrogen-bond donors (Lipinski definition) is 1. The predicted octanol–water partition coefficient (Wildman–Crippen LogP) is 3.37. The number of nitrogens with zero attached hydrogens (tertiary/aromatic N) is 3. The van der Waals surface area contributed by atoms with Gasteiger partial charge in [-0.05, 0) is 24.3 Å². The summed E-state index contributed by atoms with van der Waals surface area (Å²) in [6.45, 7) is -0.197. The first-order valence-corrected chi connectivity index (χ1v) is 6.90. The third-order valence-corrected chi connectivity index (χ3v) is 3.06. The van der Waals surface area contributed by atoms with Crippen LogP contribution in [0.2, 0.25) is 0 Å². The van der Waals surface area contributed by atoms with Crippen LogP contribution in [0, 0.1) is 21.4 Å². The summed E-state index contributed by atoms with van der Waals surface area (Å²) in [5.74, 6) is -0.564. The van der Waals surface area contributed by atoms with Gasteiger partial charge in [-0.2, -0.15) is 18.4 Å². The molecule has 0 saturated carbocycles. The second kappa shape index (κ2) is 7.48. The lowest BCUT2D eigenvalue weighted by molar-refractivity contribution is -0.384. The fourth-order valence-corrected chi connectivity index (χ4v) is 1.96. The third-order valence-electron chi connectivity index (χ3n) is 3.06. The summed E-state index contributed by atoms with van der Waals surface area (Å²) in [4.78, 5) is 13.9. The Morgan fingerprint density at radius 3 is 2.76 bits per heavy atom. The van der Waals surface area contributed by atoms with E-state index in [0.717, 1.165) is 18.2 Å². The van der Waals surface area contributed by atoms with E-state index >= 15 is 0 Å². The maximum Gasteiger partial charge on any atom is 0.421 e. The maximum atomic E-state index is 12.8. The number of hydrogen-bond acceptors (Lipinski definition) is 6. The van der Waals surface area contributed by atoms with Crippen molar-refractivity contribution in [2.24, 2.45) is 0 Å². The van der Waals surface area contributed by atoms with Crippen molar-refractivity contribution in [3.05, 3.63) is 57.8 Å². The molecule has 0 aliphatic heterocycles. The summed E-state index contributed by atoms with van der Waals surface area (Å²) in [6, 6.07) is 7.61. The first kappa shape index (κ1) is 18.0. The van der Waals surface area contributed by atoms with E-state index < -0.39 is 22.5 Å². The van der Waals surface area contributed by atoms with Crippen molar-refractivity contribution in [2.75, 3.05) is 18.5 Å². The molecule has 2 aromatic rings. The summed E-state index contributed by atoms with van der Waals surface area (Å²) >= 11 is 0. The van der Waals surface area contributed by atoms with Crippen LogP contribution < -0.4 is 10.1 Å². The highest BCUT2D eigenvalue weighted by molar-refractivity contribution is 5.64. The summed E-state index contributed by atoms with van der Waals surface area (Å²) in [7, 11) is 0. The van der Waals surface area contributed by atoms with Crippen LogP contribution in [-0.4, -0.2) is 23.1 Å². The van der Waals surface area contributed by atoms with Crippen LogP contribution in [0.15, 0.2) is 36.5 Å². The van der Waals surface area contributed by atoms with Gasteiger partial charge in [0.05, 0.1) is 16.6 Å². The van der Waals surface area contributed by atoms with Crippen LogP contribution >= 0.6 is 0 Å². The molecule has 25 heavy (non-hydrogen) atoms. The SMILES string of the molecule is N#Cc1ccc(NCCOc2ncccc2C(F)(F)F)c([N+](=O)[O-])c1. The van der Waals surface area contributed by atoms with E-state index in [4.69, 9.17) is 10.00 Å². The molecule has 7 nitrogen and oxygen atoms in total. The molecule has 1 aromatic heterocycles. The number of nitriles is 1. The molecule has 0 fully saturated rings. The number of nitro groups is 1. The topological polar surface area (TPSA) is 101 Å².